The number of ketones is 1. The fraction of sp³-hybridized carbons (Fsp3) is 0.273. The van der Waals surface area contributed by atoms with Gasteiger partial charge in [-0.1, -0.05) is 42.7 Å². The van der Waals surface area contributed by atoms with E-state index in [0.717, 1.165) is 17.8 Å². The number of carbonyl (C=O) groups excluding carboxylic acids is 2. The maximum atomic E-state index is 13.0. The van der Waals surface area contributed by atoms with Crippen LogP contribution in [-0.2, 0) is 9.84 Å². The topological polar surface area (TPSA) is 106 Å². The van der Waals surface area contributed by atoms with Gasteiger partial charge in [-0.15, -0.1) is 10.2 Å². The number of amides is 1. The van der Waals surface area contributed by atoms with Crippen LogP contribution in [0.2, 0.25) is 0 Å². The quantitative estimate of drug-likeness (QED) is 0.498. The van der Waals surface area contributed by atoms with Crippen LogP contribution >= 0.6 is 11.3 Å². The van der Waals surface area contributed by atoms with E-state index in [9.17, 15) is 18.0 Å². The minimum absolute atomic E-state index is 0.0358. The average Bonchev–Trinajstić information content (AvgIpc) is 3.26. The van der Waals surface area contributed by atoms with Gasteiger partial charge in [-0.2, -0.15) is 0 Å². The third kappa shape index (κ3) is 3.47. The molecule has 1 fully saturated rings. The smallest absolute Gasteiger partial charge is 0.257 e. The number of hydrogen-bond acceptors (Lipinski definition) is 7. The Morgan fingerprint density at radius 2 is 1.71 bits per heavy atom. The fourth-order valence-electron chi connectivity index (χ4n) is 4.19. The number of sulfone groups is 1. The van der Waals surface area contributed by atoms with Crippen LogP contribution in [0.25, 0.3) is 0 Å². The molecule has 5 rings (SSSR count). The molecule has 0 radical (unpaired) electrons. The summed E-state index contributed by atoms with van der Waals surface area (Å²) in [5.74, 6) is -0.471. The molecule has 2 heterocycles. The Balaban J connectivity index is 1.42. The van der Waals surface area contributed by atoms with Crippen LogP contribution in [0.5, 0.6) is 0 Å². The Hall–Kier alpha value is -2.91. The highest BCUT2D eigenvalue weighted by Crippen LogP contribution is 2.36. The number of anilines is 1. The summed E-state index contributed by atoms with van der Waals surface area (Å²) in [4.78, 5) is 25.3. The molecule has 1 aliphatic carbocycles. The van der Waals surface area contributed by atoms with Gasteiger partial charge >= 0.3 is 0 Å². The number of hydrogen-bond donors (Lipinski definition) is 1. The first-order valence-electron chi connectivity index (χ1n) is 10.1. The van der Waals surface area contributed by atoms with Crippen molar-refractivity contribution in [2.75, 3.05) is 5.32 Å². The predicted octanol–water partition coefficient (Wildman–Crippen LogP) is 4.22. The van der Waals surface area contributed by atoms with Crippen LogP contribution in [0.15, 0.2) is 52.3 Å². The molecule has 0 spiro atoms. The lowest BCUT2D eigenvalue weighted by Gasteiger charge is -2.19. The Morgan fingerprint density at radius 3 is 2.52 bits per heavy atom. The number of fused-ring (bicyclic) bond motifs is 2. The molecule has 0 saturated heterocycles. The summed E-state index contributed by atoms with van der Waals surface area (Å²) in [7, 11) is -3.90. The predicted molar refractivity (Wildman–Crippen MR) is 115 cm³/mol. The first kappa shape index (κ1) is 20.0. The largest absolute Gasteiger partial charge is 0.296 e. The van der Waals surface area contributed by atoms with E-state index in [4.69, 9.17) is 0 Å². The maximum Gasteiger partial charge on any atom is 0.257 e. The van der Waals surface area contributed by atoms with E-state index in [1.54, 1.807) is 12.1 Å². The summed E-state index contributed by atoms with van der Waals surface area (Å²) >= 11 is 1.36. The lowest BCUT2D eigenvalue weighted by molar-refractivity contribution is 0.101. The molecule has 0 atom stereocenters. The highest BCUT2D eigenvalue weighted by Gasteiger charge is 2.35. The van der Waals surface area contributed by atoms with Crippen molar-refractivity contribution in [2.45, 2.75) is 47.8 Å². The number of rotatable bonds is 3. The van der Waals surface area contributed by atoms with E-state index in [2.05, 4.69) is 15.5 Å². The molecule has 1 N–H and O–H groups in total. The molecule has 1 aliphatic heterocycles. The molecule has 1 aromatic heterocycles. The van der Waals surface area contributed by atoms with E-state index in [-0.39, 0.29) is 32.3 Å². The van der Waals surface area contributed by atoms with Crippen LogP contribution in [0, 0.1) is 0 Å². The SMILES string of the molecule is O=C(Nc1nnc(C2CCCCC2)s1)c1ccc2c(c1)S(=O)(=O)c1ccccc1C2=O. The second-order valence-corrected chi connectivity index (χ2v) is 10.7. The van der Waals surface area contributed by atoms with E-state index in [1.165, 1.54) is 60.9 Å². The Labute approximate surface area is 183 Å². The van der Waals surface area contributed by atoms with Crippen LogP contribution in [-0.4, -0.2) is 30.3 Å². The van der Waals surface area contributed by atoms with Crippen molar-refractivity contribution in [1.82, 2.24) is 10.2 Å². The summed E-state index contributed by atoms with van der Waals surface area (Å²) in [6, 6.07) is 10.2. The second kappa shape index (κ2) is 7.65. The van der Waals surface area contributed by atoms with Gasteiger partial charge in [0.1, 0.15) is 5.01 Å². The van der Waals surface area contributed by atoms with Crippen molar-refractivity contribution in [1.29, 1.82) is 0 Å². The van der Waals surface area contributed by atoms with Crippen LogP contribution in [0.1, 0.15) is 69.3 Å². The zero-order valence-electron chi connectivity index (χ0n) is 16.5. The highest BCUT2D eigenvalue weighted by molar-refractivity contribution is 7.91. The van der Waals surface area contributed by atoms with E-state index in [0.29, 0.717) is 11.0 Å². The van der Waals surface area contributed by atoms with Crippen LogP contribution in [0.4, 0.5) is 5.13 Å². The lowest BCUT2D eigenvalue weighted by atomic mass is 9.90. The molecule has 9 heteroatoms. The summed E-state index contributed by atoms with van der Waals surface area (Å²) in [5.41, 5.74) is 0.367. The van der Waals surface area contributed by atoms with Gasteiger partial charge in [0.05, 0.1) is 9.79 Å². The zero-order chi connectivity index (χ0) is 21.6. The molecule has 2 aliphatic rings. The molecule has 1 amide bonds. The molecule has 31 heavy (non-hydrogen) atoms. The van der Waals surface area contributed by atoms with Crippen LogP contribution < -0.4 is 5.32 Å². The average molecular weight is 454 g/mol. The molecule has 0 bridgehead atoms. The first-order chi connectivity index (χ1) is 14.9. The Kier molecular flexibility index (Phi) is 4.94. The number of nitrogens with zero attached hydrogens (tertiary/aromatic N) is 2. The van der Waals surface area contributed by atoms with Crippen LogP contribution in [0.3, 0.4) is 0 Å². The molecule has 2 aromatic carbocycles. The highest BCUT2D eigenvalue weighted by atomic mass is 32.2. The van der Waals surface area contributed by atoms with Gasteiger partial charge in [0.2, 0.25) is 15.0 Å². The van der Waals surface area contributed by atoms with Gasteiger partial charge in [-0.05, 0) is 43.2 Å². The minimum Gasteiger partial charge on any atom is -0.296 e. The van der Waals surface area contributed by atoms with E-state index >= 15 is 0 Å². The van der Waals surface area contributed by atoms with Crippen molar-refractivity contribution in [3.63, 3.8) is 0 Å². The normalized spacial score (nSPS) is 17.6. The summed E-state index contributed by atoms with van der Waals surface area (Å²) in [5, 5.41) is 12.3. The van der Waals surface area contributed by atoms with Gasteiger partial charge in [0.25, 0.3) is 5.91 Å². The number of aromatic nitrogens is 2. The Morgan fingerprint density at radius 1 is 0.968 bits per heavy atom. The van der Waals surface area contributed by atoms with Crippen molar-refractivity contribution >= 4 is 38.0 Å². The number of benzene rings is 2. The van der Waals surface area contributed by atoms with Crippen molar-refractivity contribution in [3.05, 3.63) is 64.2 Å². The standard InChI is InChI=1S/C22H19N3O4S2/c26-19-15-8-4-5-9-17(15)31(28,29)18-12-14(10-11-16(18)19)20(27)23-22-25-24-21(30-22)13-6-2-1-3-7-13/h4-5,8-13H,1-3,6-7H2,(H,23,25,27). The van der Waals surface area contributed by atoms with Crippen molar-refractivity contribution < 1.29 is 18.0 Å². The van der Waals surface area contributed by atoms with E-state index < -0.39 is 15.7 Å². The Bertz CT molecular complexity index is 1310. The summed E-state index contributed by atoms with van der Waals surface area (Å²) in [6.07, 6.45) is 5.77. The third-order valence-electron chi connectivity index (χ3n) is 5.81. The molecule has 0 unspecified atom stereocenters. The van der Waals surface area contributed by atoms with E-state index in [1.807, 2.05) is 0 Å². The fourth-order valence-corrected chi connectivity index (χ4v) is 6.78. The number of nitrogens with one attached hydrogen (secondary N) is 1. The minimum atomic E-state index is -3.90. The monoisotopic (exact) mass is 453 g/mol. The maximum absolute atomic E-state index is 13.0. The number of carbonyl (C=O) groups is 2. The van der Waals surface area contributed by atoms with Gasteiger partial charge in [-0.25, -0.2) is 8.42 Å². The molecule has 3 aromatic rings. The molecule has 7 nitrogen and oxygen atoms in total. The first-order valence-corrected chi connectivity index (χ1v) is 12.4. The lowest BCUT2D eigenvalue weighted by Crippen LogP contribution is -2.21. The molecular formula is C22H19N3O4S2. The van der Waals surface area contributed by atoms with Crippen molar-refractivity contribution in [2.24, 2.45) is 0 Å². The molecular weight excluding hydrogens is 434 g/mol. The molecule has 158 valence electrons. The third-order valence-corrected chi connectivity index (χ3v) is 8.67. The summed E-state index contributed by atoms with van der Waals surface area (Å²) in [6.45, 7) is 0. The molecule has 1 saturated carbocycles. The van der Waals surface area contributed by atoms with Gasteiger partial charge < -0.3 is 0 Å². The van der Waals surface area contributed by atoms with Crippen molar-refractivity contribution in [3.8, 4) is 0 Å². The second-order valence-electron chi connectivity index (χ2n) is 7.77. The summed E-state index contributed by atoms with van der Waals surface area (Å²) < 4.78 is 26.1. The van der Waals surface area contributed by atoms with Gasteiger partial charge in [0.15, 0.2) is 5.78 Å². The van der Waals surface area contributed by atoms with Gasteiger partial charge in [-0.3, -0.25) is 14.9 Å². The van der Waals surface area contributed by atoms with Gasteiger partial charge in [0, 0.05) is 22.6 Å². The zero-order valence-corrected chi connectivity index (χ0v) is 18.1.